The number of allylic oxidation sites excluding steroid dienone is 7. The lowest BCUT2D eigenvalue weighted by Gasteiger charge is -2.22. The third-order valence-electron chi connectivity index (χ3n) is 15.3. The highest BCUT2D eigenvalue weighted by molar-refractivity contribution is 6.14. The molecule has 1 nitrogen and oxygen atoms in total. The Bertz CT molecular complexity index is 4100. The van der Waals surface area contributed by atoms with Gasteiger partial charge in [0.1, 0.15) is 11.6 Å². The average molecular weight is 1030 g/mol. The van der Waals surface area contributed by atoms with Gasteiger partial charge >= 0.3 is 0 Å². The van der Waals surface area contributed by atoms with Gasteiger partial charge in [-0.05, 0) is 227 Å². The molecule has 2 aliphatic carbocycles. The molecule has 10 aromatic rings. The fourth-order valence-corrected chi connectivity index (χ4v) is 11.1. The summed E-state index contributed by atoms with van der Waals surface area (Å²) < 4.78 is 20.3. The first-order chi connectivity index (χ1) is 38.0. The van der Waals surface area contributed by atoms with E-state index in [1.807, 2.05) is 40.7 Å². The molecule has 0 saturated heterocycles. The number of fused-ring (bicyclic) bond motifs is 13. The number of halogens is 1. The lowest BCUT2D eigenvalue weighted by molar-refractivity contribution is 0.228. The SMILES string of the molecule is C/C=C\C1=C(C)CCc2c1ccc1cc3ccccc3cc21.C=C/C=c1/cc2ccc3c4c(ccc3c2c/c1=C/C)CC(OCC)=C4.CC.CCC.CCC(C)/C(F)=C\c1c(C)ccc2c1ccc1cc3ccccc3cc12. The van der Waals surface area contributed by atoms with Crippen LogP contribution >= 0.6 is 0 Å². The van der Waals surface area contributed by atoms with E-state index in [4.69, 9.17) is 4.74 Å². The quantitative estimate of drug-likeness (QED) is 0.114. The molecule has 0 fully saturated rings. The number of hydrogen-bond donors (Lipinski definition) is 0. The summed E-state index contributed by atoms with van der Waals surface area (Å²) in [4.78, 5) is 0. The van der Waals surface area contributed by atoms with Crippen LogP contribution in [0.3, 0.4) is 0 Å². The van der Waals surface area contributed by atoms with Gasteiger partial charge in [-0.25, -0.2) is 4.39 Å². The molecule has 396 valence electrons. The Morgan fingerprint density at radius 3 is 1.81 bits per heavy atom. The maximum Gasteiger partial charge on any atom is 0.103 e. The Balaban J connectivity index is 0.000000148. The van der Waals surface area contributed by atoms with Crippen molar-refractivity contribution in [1.82, 2.24) is 0 Å². The van der Waals surface area contributed by atoms with Crippen LogP contribution in [-0.2, 0) is 17.6 Å². The molecule has 0 radical (unpaired) electrons. The van der Waals surface area contributed by atoms with Crippen molar-refractivity contribution in [3.8, 4) is 0 Å². The molecular weight excluding hydrogens is 948 g/mol. The fourth-order valence-electron chi connectivity index (χ4n) is 11.1. The van der Waals surface area contributed by atoms with Crippen molar-refractivity contribution in [3.05, 3.63) is 231 Å². The zero-order valence-corrected chi connectivity index (χ0v) is 48.2. The van der Waals surface area contributed by atoms with Crippen LogP contribution in [0, 0.1) is 12.8 Å². The predicted molar refractivity (Wildman–Crippen MR) is 346 cm³/mol. The molecule has 0 amide bonds. The van der Waals surface area contributed by atoms with E-state index in [0.717, 1.165) is 48.1 Å². The smallest absolute Gasteiger partial charge is 0.103 e. The van der Waals surface area contributed by atoms with Crippen molar-refractivity contribution in [2.75, 3.05) is 6.61 Å². The van der Waals surface area contributed by atoms with Crippen LogP contribution in [0.25, 0.3) is 105 Å². The largest absolute Gasteiger partial charge is 0.498 e. The summed E-state index contributed by atoms with van der Waals surface area (Å²) in [7, 11) is 0. The number of hydrogen-bond acceptors (Lipinski definition) is 1. The molecule has 2 aliphatic rings. The molecule has 1 atom stereocenters. The van der Waals surface area contributed by atoms with Gasteiger partial charge in [-0.1, -0.05) is 200 Å². The summed E-state index contributed by atoms with van der Waals surface area (Å²) in [6.45, 7) is 27.3. The maximum atomic E-state index is 14.6. The van der Waals surface area contributed by atoms with Gasteiger partial charge in [0.25, 0.3) is 0 Å². The van der Waals surface area contributed by atoms with Gasteiger partial charge in [-0.2, -0.15) is 0 Å². The Hall–Kier alpha value is -7.81. The molecule has 0 spiro atoms. The van der Waals surface area contributed by atoms with Crippen molar-refractivity contribution >= 4 is 105 Å². The third kappa shape index (κ3) is 11.8. The van der Waals surface area contributed by atoms with Gasteiger partial charge in [0.15, 0.2) is 0 Å². The summed E-state index contributed by atoms with van der Waals surface area (Å²) in [5.74, 6) is 0.986. The van der Waals surface area contributed by atoms with Crippen LogP contribution in [0.1, 0.15) is 122 Å². The lowest BCUT2D eigenvalue weighted by atomic mass is 9.83. The lowest BCUT2D eigenvalue weighted by Crippen LogP contribution is -2.23. The third-order valence-corrected chi connectivity index (χ3v) is 15.3. The van der Waals surface area contributed by atoms with E-state index in [1.165, 1.54) is 127 Å². The predicted octanol–water partition coefficient (Wildman–Crippen LogP) is 21.2. The molecule has 12 rings (SSSR count). The monoisotopic (exact) mass is 1030 g/mol. The van der Waals surface area contributed by atoms with Crippen LogP contribution in [0.5, 0.6) is 0 Å². The summed E-state index contributed by atoms with van der Waals surface area (Å²) in [6, 6.07) is 52.9. The topological polar surface area (TPSA) is 9.23 Å². The Morgan fingerprint density at radius 1 is 0.615 bits per heavy atom. The standard InChI is InChI=1S/C25H23F.C24H22O.C22H20.C3H8.C2H6/c1-4-16(2)25(26)15-23-17(3)9-11-22-21(23)12-10-20-13-18-7-5-6-8-19(18)14-24(20)22;1-4-7-17-12-18-8-10-22-21(23(18)14-16(17)5-2)11-9-19-13-20(25-6-3)15-24(19)22;1-3-6-19-15(2)9-11-21-20(19)12-10-18-13-16-7-4-5-8-17(16)14-22(18)21;1-3-2;1-2/h5-16H,4H2,1-3H3;4-5,7-12,14-15H,1,6,13H2,2-3H3;3-8,10,12-14H,9,11H2,1-2H3;3H2,1-2H3;1-2H3/b25-15+;16-5-,17-7-;6-3-;;. The van der Waals surface area contributed by atoms with Crippen molar-refractivity contribution < 1.29 is 9.13 Å². The van der Waals surface area contributed by atoms with Gasteiger partial charge < -0.3 is 4.74 Å². The van der Waals surface area contributed by atoms with Crippen molar-refractivity contribution in [1.29, 1.82) is 0 Å². The average Bonchev–Trinajstić information content (AvgIpc) is 4.03. The number of benzene rings is 10. The van der Waals surface area contributed by atoms with E-state index in [9.17, 15) is 4.39 Å². The molecule has 2 heteroatoms. The van der Waals surface area contributed by atoms with Gasteiger partial charge in [-0.3, -0.25) is 0 Å². The molecule has 0 heterocycles. The maximum absolute atomic E-state index is 14.6. The molecule has 0 saturated carbocycles. The Morgan fingerprint density at radius 2 is 1.18 bits per heavy atom. The van der Waals surface area contributed by atoms with Gasteiger partial charge in [0, 0.05) is 12.3 Å². The molecule has 0 aliphatic heterocycles. The van der Waals surface area contributed by atoms with Crippen molar-refractivity contribution in [3.63, 3.8) is 0 Å². The molecular formula is C76H79FO. The second-order valence-corrected chi connectivity index (χ2v) is 20.5. The second-order valence-electron chi connectivity index (χ2n) is 20.5. The normalized spacial score (nSPS) is 13.8. The van der Waals surface area contributed by atoms with E-state index in [0.29, 0.717) is 0 Å². The first-order valence-corrected chi connectivity index (χ1v) is 28.6. The highest BCUT2D eigenvalue weighted by Gasteiger charge is 2.19. The minimum Gasteiger partial charge on any atom is -0.498 e. The van der Waals surface area contributed by atoms with E-state index >= 15 is 0 Å². The number of aryl methyl sites for hydroxylation is 2. The summed E-state index contributed by atoms with van der Waals surface area (Å²) >= 11 is 0. The van der Waals surface area contributed by atoms with Crippen LogP contribution in [-0.4, -0.2) is 6.61 Å². The first-order valence-electron chi connectivity index (χ1n) is 28.6. The fraction of sp³-hybridized carbons (Fsp3) is 0.237. The van der Waals surface area contributed by atoms with Gasteiger partial charge in [0.05, 0.1) is 6.61 Å². The molecule has 0 N–H and O–H groups in total. The first kappa shape index (κ1) is 56.4. The van der Waals surface area contributed by atoms with Crippen LogP contribution in [0.4, 0.5) is 4.39 Å². The second kappa shape index (κ2) is 26.0. The van der Waals surface area contributed by atoms with E-state index < -0.39 is 0 Å². The molecule has 0 bridgehead atoms. The Labute approximate surface area is 464 Å². The highest BCUT2D eigenvalue weighted by Crippen LogP contribution is 2.39. The van der Waals surface area contributed by atoms with Crippen LogP contribution in [0.2, 0.25) is 0 Å². The minimum absolute atomic E-state index is 0.0401. The zero-order chi connectivity index (χ0) is 55.5. The van der Waals surface area contributed by atoms with Crippen molar-refractivity contribution in [2.24, 2.45) is 5.92 Å². The molecule has 10 aromatic carbocycles. The van der Waals surface area contributed by atoms with Gasteiger partial charge in [0.2, 0.25) is 0 Å². The summed E-state index contributed by atoms with van der Waals surface area (Å²) in [5, 5.41) is 20.3. The minimum atomic E-state index is -0.0472. The van der Waals surface area contributed by atoms with Crippen molar-refractivity contribution in [2.45, 2.75) is 108 Å². The van der Waals surface area contributed by atoms with E-state index in [1.54, 1.807) is 6.08 Å². The van der Waals surface area contributed by atoms with E-state index in [-0.39, 0.29) is 11.7 Å². The molecule has 78 heavy (non-hydrogen) atoms. The molecule has 0 aromatic heterocycles. The number of rotatable bonds is 7. The highest BCUT2D eigenvalue weighted by atomic mass is 19.1. The molecule has 1 unspecified atom stereocenters. The zero-order valence-electron chi connectivity index (χ0n) is 48.2. The van der Waals surface area contributed by atoms with Crippen LogP contribution in [0.15, 0.2) is 188 Å². The Kier molecular flexibility index (Phi) is 18.8. The van der Waals surface area contributed by atoms with Gasteiger partial charge in [-0.15, -0.1) is 0 Å². The summed E-state index contributed by atoms with van der Waals surface area (Å²) in [6.07, 6.45) is 19.7. The van der Waals surface area contributed by atoms with Crippen LogP contribution < -0.4 is 10.4 Å². The summed E-state index contributed by atoms with van der Waals surface area (Å²) in [5.41, 5.74) is 10.6. The number of ether oxygens (including phenoxy) is 1. The van der Waals surface area contributed by atoms with E-state index in [2.05, 4.69) is 224 Å².